The minimum atomic E-state index is -1.57. The van der Waals surface area contributed by atoms with Crippen LogP contribution in [0.2, 0.25) is 0 Å². The van der Waals surface area contributed by atoms with Crippen LogP contribution in [0.5, 0.6) is 0 Å². The van der Waals surface area contributed by atoms with E-state index in [2.05, 4.69) is 55.6 Å². The standard InChI is InChI=1S/C49H89NO8/c1-3-5-7-9-11-13-15-17-19-20-21-22-23-25-26-28-30-32-34-36-38-43(52)42(41-57-49-48(56)47(55)46(54)44(40-51)58-49)50-45(53)39-37-35-33-31-29-27-24-18-16-14-12-10-8-6-4-2/h12,14,18,24,28,30,36,38,42-44,46-49,51-52,54-56H,3-11,13,15-17,19-23,25-27,29,31-35,37,39-41H2,1-2H3,(H,50,53)/b14-12-,24-18-,30-28+,38-36+. The normalized spacial score (nSPS) is 21.3. The Hall–Kier alpha value is -1.85. The summed E-state index contributed by atoms with van der Waals surface area (Å²) in [6.07, 6.45) is 43.0. The van der Waals surface area contributed by atoms with Crippen molar-refractivity contribution in [2.24, 2.45) is 0 Å². The molecule has 1 aliphatic heterocycles. The summed E-state index contributed by atoms with van der Waals surface area (Å²) < 4.78 is 11.2. The van der Waals surface area contributed by atoms with E-state index in [0.717, 1.165) is 64.2 Å². The molecule has 6 N–H and O–H groups in total. The summed E-state index contributed by atoms with van der Waals surface area (Å²) in [4.78, 5) is 12.9. The van der Waals surface area contributed by atoms with Crippen LogP contribution < -0.4 is 5.32 Å². The molecule has 0 aromatic carbocycles. The van der Waals surface area contributed by atoms with Crippen LogP contribution in [0.1, 0.15) is 200 Å². The van der Waals surface area contributed by atoms with E-state index in [-0.39, 0.29) is 12.5 Å². The Morgan fingerprint density at radius 2 is 1.03 bits per heavy atom. The molecule has 338 valence electrons. The summed E-state index contributed by atoms with van der Waals surface area (Å²) in [5.41, 5.74) is 0. The molecule has 0 aromatic heterocycles. The number of unbranched alkanes of at least 4 members (excludes halogenated alkanes) is 23. The summed E-state index contributed by atoms with van der Waals surface area (Å²) in [5, 5.41) is 54.2. The van der Waals surface area contributed by atoms with Crippen LogP contribution in [0.3, 0.4) is 0 Å². The second-order valence-corrected chi connectivity index (χ2v) is 16.5. The molecule has 0 radical (unpaired) electrons. The average molecular weight is 820 g/mol. The van der Waals surface area contributed by atoms with Gasteiger partial charge in [0.25, 0.3) is 0 Å². The number of nitrogens with one attached hydrogen (secondary N) is 1. The first-order valence-electron chi connectivity index (χ1n) is 23.9. The number of allylic oxidation sites excluding steroid dienone is 7. The summed E-state index contributed by atoms with van der Waals surface area (Å²) in [7, 11) is 0. The Labute approximate surface area is 354 Å². The number of ether oxygens (including phenoxy) is 2. The lowest BCUT2D eigenvalue weighted by atomic mass is 9.99. The van der Waals surface area contributed by atoms with Crippen LogP contribution in [0.4, 0.5) is 0 Å². The van der Waals surface area contributed by atoms with Gasteiger partial charge in [-0.1, -0.05) is 178 Å². The number of aliphatic hydroxyl groups is 5. The molecule has 1 fully saturated rings. The Morgan fingerprint density at radius 3 is 1.59 bits per heavy atom. The van der Waals surface area contributed by atoms with Crippen LogP contribution in [-0.2, 0) is 14.3 Å². The van der Waals surface area contributed by atoms with Crippen molar-refractivity contribution >= 4 is 5.91 Å². The zero-order valence-corrected chi connectivity index (χ0v) is 37.0. The van der Waals surface area contributed by atoms with E-state index in [4.69, 9.17) is 9.47 Å². The molecule has 9 nitrogen and oxygen atoms in total. The fourth-order valence-electron chi connectivity index (χ4n) is 7.26. The van der Waals surface area contributed by atoms with Crippen molar-refractivity contribution in [3.8, 4) is 0 Å². The molecule has 1 amide bonds. The molecular weight excluding hydrogens is 731 g/mol. The fraction of sp³-hybridized carbons (Fsp3) is 0.816. The maximum absolute atomic E-state index is 12.9. The topological polar surface area (TPSA) is 149 Å². The van der Waals surface area contributed by atoms with Gasteiger partial charge in [0.05, 0.1) is 25.4 Å². The molecule has 0 spiro atoms. The summed E-state index contributed by atoms with van der Waals surface area (Å²) in [5.74, 6) is -0.202. The van der Waals surface area contributed by atoms with E-state index in [1.54, 1.807) is 6.08 Å². The van der Waals surface area contributed by atoms with Crippen LogP contribution in [0, 0.1) is 0 Å². The SMILES string of the molecule is CCCCC/C=C\C/C=C\CCCCCCCC(=O)NC(COC1OC(CO)C(O)C(O)C1O)C(O)/C=C/CC/C=C/CCCCCCCCCCCCCCCC. The van der Waals surface area contributed by atoms with Gasteiger partial charge in [-0.3, -0.25) is 4.79 Å². The highest BCUT2D eigenvalue weighted by Gasteiger charge is 2.44. The first kappa shape index (κ1) is 54.2. The predicted molar refractivity (Wildman–Crippen MR) is 239 cm³/mol. The van der Waals surface area contributed by atoms with Crippen molar-refractivity contribution in [3.63, 3.8) is 0 Å². The highest BCUT2D eigenvalue weighted by Crippen LogP contribution is 2.22. The van der Waals surface area contributed by atoms with Gasteiger partial charge in [0.15, 0.2) is 6.29 Å². The van der Waals surface area contributed by atoms with Gasteiger partial charge in [-0.25, -0.2) is 0 Å². The molecule has 7 atom stereocenters. The van der Waals surface area contributed by atoms with E-state index in [1.165, 1.54) is 116 Å². The van der Waals surface area contributed by atoms with Gasteiger partial charge >= 0.3 is 0 Å². The van der Waals surface area contributed by atoms with Crippen LogP contribution in [0.15, 0.2) is 48.6 Å². The van der Waals surface area contributed by atoms with Crippen molar-refractivity contribution in [3.05, 3.63) is 48.6 Å². The largest absolute Gasteiger partial charge is 0.394 e. The van der Waals surface area contributed by atoms with E-state index in [9.17, 15) is 30.3 Å². The number of hydrogen-bond donors (Lipinski definition) is 6. The molecular formula is C49H89NO8. The van der Waals surface area contributed by atoms with E-state index in [1.807, 2.05) is 6.08 Å². The Morgan fingerprint density at radius 1 is 0.586 bits per heavy atom. The first-order valence-corrected chi connectivity index (χ1v) is 23.9. The highest BCUT2D eigenvalue weighted by molar-refractivity contribution is 5.76. The highest BCUT2D eigenvalue weighted by atomic mass is 16.7. The molecule has 7 unspecified atom stereocenters. The third-order valence-electron chi connectivity index (χ3n) is 11.1. The van der Waals surface area contributed by atoms with E-state index >= 15 is 0 Å². The maximum atomic E-state index is 12.9. The van der Waals surface area contributed by atoms with Gasteiger partial charge in [0.2, 0.25) is 5.91 Å². The monoisotopic (exact) mass is 820 g/mol. The third-order valence-corrected chi connectivity index (χ3v) is 11.1. The molecule has 0 saturated carbocycles. The van der Waals surface area contributed by atoms with Crippen molar-refractivity contribution in [2.75, 3.05) is 13.2 Å². The second kappa shape index (κ2) is 39.3. The molecule has 0 aliphatic carbocycles. The summed E-state index contributed by atoms with van der Waals surface area (Å²) in [6.45, 7) is 3.72. The Balaban J connectivity index is 2.37. The first-order chi connectivity index (χ1) is 28.3. The van der Waals surface area contributed by atoms with E-state index in [0.29, 0.717) is 6.42 Å². The van der Waals surface area contributed by atoms with Crippen LogP contribution in [0.25, 0.3) is 0 Å². The predicted octanol–water partition coefficient (Wildman–Crippen LogP) is 10.2. The van der Waals surface area contributed by atoms with Gasteiger partial charge in [-0.2, -0.15) is 0 Å². The molecule has 58 heavy (non-hydrogen) atoms. The van der Waals surface area contributed by atoms with Crippen LogP contribution in [-0.4, -0.2) is 87.5 Å². The molecule has 9 heteroatoms. The lowest BCUT2D eigenvalue weighted by Gasteiger charge is -2.40. The molecule has 1 rings (SSSR count). The molecule has 1 aliphatic rings. The minimum absolute atomic E-state index is 0.202. The van der Waals surface area contributed by atoms with Gasteiger partial charge in [0.1, 0.15) is 24.4 Å². The Kier molecular flexibility index (Phi) is 36.7. The van der Waals surface area contributed by atoms with Crippen molar-refractivity contribution < 1.29 is 39.8 Å². The number of carbonyl (C=O) groups is 1. The summed E-state index contributed by atoms with van der Waals surface area (Å²) >= 11 is 0. The number of rotatable bonds is 39. The number of hydrogen-bond acceptors (Lipinski definition) is 8. The molecule has 0 bridgehead atoms. The molecule has 0 aromatic rings. The van der Waals surface area contributed by atoms with Crippen molar-refractivity contribution in [2.45, 2.75) is 243 Å². The zero-order chi connectivity index (χ0) is 42.3. The minimum Gasteiger partial charge on any atom is -0.394 e. The lowest BCUT2D eigenvalue weighted by Crippen LogP contribution is -2.60. The van der Waals surface area contributed by atoms with Gasteiger partial charge in [-0.05, 0) is 64.2 Å². The van der Waals surface area contributed by atoms with E-state index < -0.39 is 49.5 Å². The van der Waals surface area contributed by atoms with Gasteiger partial charge in [0, 0.05) is 6.42 Å². The zero-order valence-electron chi connectivity index (χ0n) is 37.0. The number of amides is 1. The quantitative estimate of drug-likeness (QED) is 0.0265. The number of aliphatic hydroxyl groups excluding tert-OH is 5. The second-order valence-electron chi connectivity index (χ2n) is 16.5. The average Bonchev–Trinajstić information content (AvgIpc) is 3.22. The Bertz CT molecular complexity index is 1050. The summed E-state index contributed by atoms with van der Waals surface area (Å²) in [6, 6.07) is -0.829. The maximum Gasteiger partial charge on any atom is 0.220 e. The van der Waals surface area contributed by atoms with Crippen molar-refractivity contribution in [1.82, 2.24) is 5.32 Å². The molecule has 1 saturated heterocycles. The van der Waals surface area contributed by atoms with Crippen molar-refractivity contribution in [1.29, 1.82) is 0 Å². The smallest absolute Gasteiger partial charge is 0.220 e. The fourth-order valence-corrected chi connectivity index (χ4v) is 7.26. The number of carbonyl (C=O) groups excluding carboxylic acids is 1. The van der Waals surface area contributed by atoms with Crippen LogP contribution >= 0.6 is 0 Å². The molecule has 1 heterocycles. The lowest BCUT2D eigenvalue weighted by molar-refractivity contribution is -0.302. The van der Waals surface area contributed by atoms with Gasteiger partial charge < -0.3 is 40.3 Å². The third kappa shape index (κ3) is 29.4. The van der Waals surface area contributed by atoms with Gasteiger partial charge in [-0.15, -0.1) is 0 Å².